The van der Waals surface area contributed by atoms with E-state index in [4.69, 9.17) is 0 Å². The predicted octanol–water partition coefficient (Wildman–Crippen LogP) is 2.61. The van der Waals surface area contributed by atoms with Crippen molar-refractivity contribution < 1.29 is 4.79 Å². The van der Waals surface area contributed by atoms with Crippen molar-refractivity contribution in [1.29, 1.82) is 0 Å². The highest BCUT2D eigenvalue weighted by Gasteiger charge is 2.18. The molecule has 1 aliphatic heterocycles. The summed E-state index contributed by atoms with van der Waals surface area (Å²) in [6.07, 6.45) is 2.23. The Morgan fingerprint density at radius 2 is 2.00 bits per heavy atom. The van der Waals surface area contributed by atoms with Crippen molar-refractivity contribution in [2.75, 3.05) is 19.6 Å². The maximum absolute atomic E-state index is 11.7. The zero-order valence-electron chi connectivity index (χ0n) is 10.5. The fourth-order valence-electron chi connectivity index (χ4n) is 1.99. The van der Waals surface area contributed by atoms with Crippen molar-refractivity contribution in [2.24, 2.45) is 5.92 Å². The van der Waals surface area contributed by atoms with Crippen LogP contribution in [0.2, 0.25) is 0 Å². The average Bonchev–Trinajstić information content (AvgIpc) is 2.78. The molecule has 2 rings (SSSR count). The number of rotatable bonds is 4. The molecule has 0 amide bonds. The summed E-state index contributed by atoms with van der Waals surface area (Å²) in [5.74, 6) is 0.462. The van der Waals surface area contributed by atoms with Crippen LogP contribution in [0.4, 0.5) is 0 Å². The molecule has 0 saturated heterocycles. The molecule has 0 spiro atoms. The van der Waals surface area contributed by atoms with E-state index < -0.39 is 0 Å². The molecule has 2 heteroatoms. The second kappa shape index (κ2) is 5.28. The van der Waals surface area contributed by atoms with Gasteiger partial charge in [0.1, 0.15) is 5.78 Å². The smallest absolute Gasteiger partial charge is 0.149 e. The molecular weight excluding hydrogens is 210 g/mol. The Morgan fingerprint density at radius 3 is 2.65 bits per heavy atom. The first-order valence-electron chi connectivity index (χ1n) is 6.16. The van der Waals surface area contributed by atoms with E-state index in [0.29, 0.717) is 12.3 Å². The zero-order chi connectivity index (χ0) is 12.3. The molecular formula is C15H19NO. The van der Waals surface area contributed by atoms with E-state index >= 15 is 0 Å². The molecule has 0 radical (unpaired) electrons. The molecule has 0 saturated carbocycles. The standard InChI is InChI=1S/C15H19NO/c1-12(2)15(17)11-16-9-8-14(10-16)13-6-4-3-5-7-13/h3-8,12H,9-11H2,1-2H3. The third-order valence-corrected chi connectivity index (χ3v) is 3.16. The van der Waals surface area contributed by atoms with Gasteiger partial charge in [-0.05, 0) is 11.1 Å². The van der Waals surface area contributed by atoms with Gasteiger partial charge in [0, 0.05) is 19.0 Å². The highest BCUT2D eigenvalue weighted by molar-refractivity contribution is 5.83. The summed E-state index contributed by atoms with van der Waals surface area (Å²) < 4.78 is 0. The first kappa shape index (κ1) is 12.1. The minimum atomic E-state index is 0.135. The van der Waals surface area contributed by atoms with Gasteiger partial charge >= 0.3 is 0 Å². The lowest BCUT2D eigenvalue weighted by Crippen LogP contribution is -2.30. The highest BCUT2D eigenvalue weighted by atomic mass is 16.1. The molecule has 0 bridgehead atoms. The van der Waals surface area contributed by atoms with Gasteiger partial charge in [-0.2, -0.15) is 0 Å². The number of carbonyl (C=O) groups excluding carboxylic acids is 1. The van der Waals surface area contributed by atoms with Crippen molar-refractivity contribution in [2.45, 2.75) is 13.8 Å². The third kappa shape index (κ3) is 3.04. The first-order valence-corrected chi connectivity index (χ1v) is 6.16. The number of hydrogen-bond donors (Lipinski definition) is 0. The summed E-state index contributed by atoms with van der Waals surface area (Å²) in [5, 5.41) is 0. The van der Waals surface area contributed by atoms with Crippen molar-refractivity contribution in [3.8, 4) is 0 Å². The summed E-state index contributed by atoms with van der Waals surface area (Å²) in [4.78, 5) is 13.9. The maximum atomic E-state index is 11.7. The molecule has 2 nitrogen and oxygen atoms in total. The molecule has 0 N–H and O–H groups in total. The minimum absolute atomic E-state index is 0.135. The lowest BCUT2D eigenvalue weighted by atomic mass is 10.1. The van der Waals surface area contributed by atoms with Gasteiger partial charge in [-0.1, -0.05) is 50.3 Å². The summed E-state index contributed by atoms with van der Waals surface area (Å²) >= 11 is 0. The van der Waals surface area contributed by atoms with E-state index in [1.165, 1.54) is 11.1 Å². The summed E-state index contributed by atoms with van der Waals surface area (Å²) in [6, 6.07) is 10.4. The first-order chi connectivity index (χ1) is 8.16. The van der Waals surface area contributed by atoms with Crippen molar-refractivity contribution in [1.82, 2.24) is 4.90 Å². The second-order valence-corrected chi connectivity index (χ2v) is 4.89. The molecule has 1 aromatic carbocycles. The Labute approximate surface area is 103 Å². The zero-order valence-corrected chi connectivity index (χ0v) is 10.5. The minimum Gasteiger partial charge on any atom is -0.298 e. The lowest BCUT2D eigenvalue weighted by Gasteiger charge is -2.16. The summed E-state index contributed by atoms with van der Waals surface area (Å²) in [6.45, 7) is 6.28. The van der Waals surface area contributed by atoms with Crippen LogP contribution in [0.15, 0.2) is 36.4 Å². The number of nitrogens with zero attached hydrogens (tertiary/aromatic N) is 1. The Kier molecular flexibility index (Phi) is 3.75. The van der Waals surface area contributed by atoms with Crippen LogP contribution >= 0.6 is 0 Å². The number of Topliss-reactive ketones (excluding diaryl/α,β-unsaturated/α-hetero) is 1. The molecule has 0 unspecified atom stereocenters. The fourth-order valence-corrected chi connectivity index (χ4v) is 1.99. The molecule has 1 aromatic rings. The SMILES string of the molecule is CC(C)C(=O)CN1CC=C(c2ccccc2)C1. The number of benzene rings is 1. The van der Waals surface area contributed by atoms with Crippen molar-refractivity contribution in [3.05, 3.63) is 42.0 Å². The monoisotopic (exact) mass is 229 g/mol. The van der Waals surface area contributed by atoms with Crippen molar-refractivity contribution >= 4 is 11.4 Å². The molecule has 0 fully saturated rings. The third-order valence-electron chi connectivity index (χ3n) is 3.16. The average molecular weight is 229 g/mol. The van der Waals surface area contributed by atoms with Crippen LogP contribution in [-0.2, 0) is 4.79 Å². The Bertz CT molecular complexity index is 420. The topological polar surface area (TPSA) is 20.3 Å². The lowest BCUT2D eigenvalue weighted by molar-refractivity contribution is -0.122. The molecule has 90 valence electrons. The van der Waals surface area contributed by atoms with Crippen LogP contribution in [0.25, 0.3) is 5.57 Å². The van der Waals surface area contributed by atoms with Crippen LogP contribution in [0.1, 0.15) is 19.4 Å². The fraction of sp³-hybridized carbons (Fsp3) is 0.400. The highest BCUT2D eigenvalue weighted by Crippen LogP contribution is 2.20. The largest absolute Gasteiger partial charge is 0.298 e. The van der Waals surface area contributed by atoms with Crippen LogP contribution in [0, 0.1) is 5.92 Å². The number of carbonyl (C=O) groups is 1. The van der Waals surface area contributed by atoms with Crippen LogP contribution in [0.3, 0.4) is 0 Å². The van der Waals surface area contributed by atoms with Gasteiger partial charge < -0.3 is 0 Å². The summed E-state index contributed by atoms with van der Waals surface area (Å²) in [7, 11) is 0. The van der Waals surface area contributed by atoms with Gasteiger partial charge in [-0.15, -0.1) is 0 Å². The van der Waals surface area contributed by atoms with Gasteiger partial charge in [0.05, 0.1) is 6.54 Å². The van der Waals surface area contributed by atoms with E-state index in [0.717, 1.165) is 13.1 Å². The number of hydrogen-bond acceptors (Lipinski definition) is 2. The van der Waals surface area contributed by atoms with Gasteiger partial charge in [-0.25, -0.2) is 0 Å². The van der Waals surface area contributed by atoms with E-state index in [-0.39, 0.29) is 5.92 Å². The molecule has 1 heterocycles. The van der Waals surface area contributed by atoms with E-state index in [1.807, 2.05) is 19.9 Å². The summed E-state index contributed by atoms with van der Waals surface area (Å²) in [5.41, 5.74) is 2.61. The predicted molar refractivity (Wildman–Crippen MR) is 70.7 cm³/mol. The van der Waals surface area contributed by atoms with E-state index in [2.05, 4.69) is 35.2 Å². The van der Waals surface area contributed by atoms with Gasteiger partial charge in [0.2, 0.25) is 0 Å². The van der Waals surface area contributed by atoms with Gasteiger partial charge in [0.15, 0.2) is 0 Å². The number of ketones is 1. The second-order valence-electron chi connectivity index (χ2n) is 4.89. The van der Waals surface area contributed by atoms with Gasteiger partial charge in [-0.3, -0.25) is 9.69 Å². The Morgan fingerprint density at radius 1 is 1.29 bits per heavy atom. The van der Waals surface area contributed by atoms with Crippen molar-refractivity contribution in [3.63, 3.8) is 0 Å². The quantitative estimate of drug-likeness (QED) is 0.791. The van der Waals surface area contributed by atoms with Gasteiger partial charge in [0.25, 0.3) is 0 Å². The van der Waals surface area contributed by atoms with Crippen LogP contribution < -0.4 is 0 Å². The van der Waals surface area contributed by atoms with E-state index in [9.17, 15) is 4.79 Å². The Hall–Kier alpha value is -1.41. The van der Waals surface area contributed by atoms with Crippen LogP contribution in [0.5, 0.6) is 0 Å². The molecule has 0 aliphatic carbocycles. The normalized spacial score (nSPS) is 16.3. The van der Waals surface area contributed by atoms with Crippen LogP contribution in [-0.4, -0.2) is 30.3 Å². The molecule has 0 aromatic heterocycles. The van der Waals surface area contributed by atoms with E-state index in [1.54, 1.807) is 0 Å². The Balaban J connectivity index is 1.93. The molecule has 17 heavy (non-hydrogen) atoms. The molecule has 0 atom stereocenters. The molecule has 1 aliphatic rings. The maximum Gasteiger partial charge on any atom is 0.149 e.